The van der Waals surface area contributed by atoms with Gasteiger partial charge in [0.2, 0.25) is 5.91 Å². The fraction of sp³-hybridized carbons (Fsp3) is 0.222. The first kappa shape index (κ1) is 18.0. The third-order valence-electron chi connectivity index (χ3n) is 3.60. The maximum atomic E-state index is 12.5. The van der Waals surface area contributed by atoms with Crippen molar-refractivity contribution in [3.8, 4) is 0 Å². The SMILES string of the molecule is COC(=O)c1sccc1NC(=O)CN(Cc1ccco1)Cc1ccco1. The van der Waals surface area contributed by atoms with Gasteiger partial charge in [-0.05, 0) is 35.7 Å². The molecule has 3 heterocycles. The van der Waals surface area contributed by atoms with Crippen LogP contribution in [-0.2, 0) is 22.6 Å². The van der Waals surface area contributed by atoms with Gasteiger partial charge >= 0.3 is 5.97 Å². The van der Waals surface area contributed by atoms with E-state index in [2.05, 4.69) is 5.32 Å². The van der Waals surface area contributed by atoms with Crippen molar-refractivity contribution in [2.45, 2.75) is 13.1 Å². The number of rotatable bonds is 8. The number of methoxy groups -OCH3 is 1. The second kappa shape index (κ2) is 8.50. The molecule has 0 bridgehead atoms. The zero-order chi connectivity index (χ0) is 18.4. The van der Waals surface area contributed by atoms with E-state index in [-0.39, 0.29) is 12.5 Å². The highest BCUT2D eigenvalue weighted by atomic mass is 32.1. The molecule has 0 atom stereocenters. The van der Waals surface area contributed by atoms with E-state index in [9.17, 15) is 9.59 Å². The average Bonchev–Trinajstić information content (AvgIpc) is 3.36. The van der Waals surface area contributed by atoms with Crippen LogP contribution in [0, 0.1) is 0 Å². The van der Waals surface area contributed by atoms with E-state index < -0.39 is 5.97 Å². The van der Waals surface area contributed by atoms with E-state index in [1.807, 2.05) is 17.0 Å². The van der Waals surface area contributed by atoms with Crippen LogP contribution in [0.25, 0.3) is 0 Å². The van der Waals surface area contributed by atoms with Gasteiger partial charge in [0.15, 0.2) is 0 Å². The van der Waals surface area contributed by atoms with E-state index in [1.54, 1.807) is 36.1 Å². The van der Waals surface area contributed by atoms with Gasteiger partial charge in [0.05, 0.1) is 45.0 Å². The van der Waals surface area contributed by atoms with Crippen molar-refractivity contribution >= 4 is 28.9 Å². The van der Waals surface area contributed by atoms with Gasteiger partial charge in [-0.2, -0.15) is 0 Å². The van der Waals surface area contributed by atoms with Crippen molar-refractivity contribution in [2.75, 3.05) is 19.0 Å². The summed E-state index contributed by atoms with van der Waals surface area (Å²) in [6, 6.07) is 8.98. The minimum Gasteiger partial charge on any atom is -0.468 e. The summed E-state index contributed by atoms with van der Waals surface area (Å²) in [6.07, 6.45) is 3.18. The van der Waals surface area contributed by atoms with Crippen LogP contribution in [0.5, 0.6) is 0 Å². The fourth-order valence-electron chi connectivity index (χ4n) is 2.46. The predicted molar refractivity (Wildman–Crippen MR) is 95.8 cm³/mol. The lowest BCUT2D eigenvalue weighted by atomic mass is 10.3. The van der Waals surface area contributed by atoms with Crippen LogP contribution >= 0.6 is 11.3 Å². The van der Waals surface area contributed by atoms with Crippen LogP contribution in [0.1, 0.15) is 21.2 Å². The number of nitrogens with one attached hydrogen (secondary N) is 1. The van der Waals surface area contributed by atoms with Crippen LogP contribution in [0.3, 0.4) is 0 Å². The van der Waals surface area contributed by atoms with E-state index in [0.29, 0.717) is 23.7 Å². The fourth-order valence-corrected chi connectivity index (χ4v) is 3.23. The first-order chi connectivity index (χ1) is 12.7. The number of esters is 1. The monoisotopic (exact) mass is 374 g/mol. The predicted octanol–water partition coefficient (Wildman–Crippen LogP) is 3.36. The molecule has 0 aliphatic heterocycles. The molecular weight excluding hydrogens is 356 g/mol. The summed E-state index contributed by atoms with van der Waals surface area (Å²) in [4.78, 5) is 26.5. The van der Waals surface area contributed by atoms with Crippen molar-refractivity contribution < 1.29 is 23.2 Å². The third kappa shape index (κ3) is 4.62. The molecule has 136 valence electrons. The normalized spacial score (nSPS) is 10.8. The molecule has 0 aliphatic carbocycles. The Morgan fingerprint density at radius 1 is 1.12 bits per heavy atom. The third-order valence-corrected chi connectivity index (χ3v) is 4.49. The van der Waals surface area contributed by atoms with Crippen molar-refractivity contribution in [3.63, 3.8) is 0 Å². The van der Waals surface area contributed by atoms with Crippen LogP contribution in [0.2, 0.25) is 0 Å². The van der Waals surface area contributed by atoms with Gasteiger partial charge in [-0.3, -0.25) is 9.69 Å². The molecule has 0 aliphatic rings. The molecule has 3 aromatic rings. The number of hydrogen-bond donors (Lipinski definition) is 1. The standard InChI is InChI=1S/C18H18N2O5S/c1-23-18(22)17-15(6-9-26-17)19-16(21)12-20(10-13-4-2-7-24-13)11-14-5-3-8-25-14/h2-9H,10-12H2,1H3,(H,19,21). The number of amides is 1. The summed E-state index contributed by atoms with van der Waals surface area (Å²) in [5.41, 5.74) is 0.447. The van der Waals surface area contributed by atoms with Crippen LogP contribution < -0.4 is 5.32 Å². The van der Waals surface area contributed by atoms with E-state index >= 15 is 0 Å². The van der Waals surface area contributed by atoms with Gasteiger partial charge < -0.3 is 18.9 Å². The smallest absolute Gasteiger partial charge is 0.350 e. The summed E-state index contributed by atoms with van der Waals surface area (Å²) < 4.78 is 15.5. The first-order valence-corrected chi connectivity index (χ1v) is 8.76. The summed E-state index contributed by atoms with van der Waals surface area (Å²) in [7, 11) is 1.31. The minimum absolute atomic E-state index is 0.109. The number of ether oxygens (including phenoxy) is 1. The number of carbonyl (C=O) groups excluding carboxylic acids is 2. The highest BCUT2D eigenvalue weighted by Gasteiger charge is 2.18. The van der Waals surface area contributed by atoms with E-state index in [1.165, 1.54) is 18.4 Å². The highest BCUT2D eigenvalue weighted by Crippen LogP contribution is 2.23. The van der Waals surface area contributed by atoms with Crippen molar-refractivity contribution in [1.82, 2.24) is 4.90 Å². The van der Waals surface area contributed by atoms with Gasteiger partial charge in [0, 0.05) is 0 Å². The van der Waals surface area contributed by atoms with Gasteiger partial charge in [-0.25, -0.2) is 4.79 Å². The first-order valence-electron chi connectivity index (χ1n) is 7.88. The molecule has 1 N–H and O–H groups in total. The highest BCUT2D eigenvalue weighted by molar-refractivity contribution is 7.12. The zero-order valence-corrected chi connectivity index (χ0v) is 15.0. The molecule has 1 amide bonds. The van der Waals surface area contributed by atoms with Crippen molar-refractivity contribution in [2.24, 2.45) is 0 Å². The molecule has 0 saturated carbocycles. The largest absolute Gasteiger partial charge is 0.468 e. The summed E-state index contributed by atoms with van der Waals surface area (Å²) >= 11 is 1.22. The van der Waals surface area contributed by atoms with Crippen molar-refractivity contribution in [3.05, 3.63) is 64.6 Å². The topological polar surface area (TPSA) is 84.9 Å². The number of anilines is 1. The number of hydrogen-bond acceptors (Lipinski definition) is 7. The maximum Gasteiger partial charge on any atom is 0.350 e. The molecular formula is C18H18N2O5S. The Kier molecular flexibility index (Phi) is 5.88. The second-order valence-corrected chi connectivity index (χ2v) is 6.42. The van der Waals surface area contributed by atoms with Crippen LogP contribution in [-0.4, -0.2) is 30.4 Å². The number of carbonyl (C=O) groups is 2. The molecule has 0 unspecified atom stereocenters. The lowest BCUT2D eigenvalue weighted by Crippen LogP contribution is -2.32. The average molecular weight is 374 g/mol. The molecule has 3 aromatic heterocycles. The maximum absolute atomic E-state index is 12.5. The van der Waals surface area contributed by atoms with Gasteiger partial charge in [-0.15, -0.1) is 11.3 Å². The van der Waals surface area contributed by atoms with Crippen LogP contribution in [0.15, 0.2) is 57.1 Å². The van der Waals surface area contributed by atoms with E-state index in [4.69, 9.17) is 13.6 Å². The summed E-state index contributed by atoms with van der Waals surface area (Å²) in [5, 5.41) is 4.49. The lowest BCUT2D eigenvalue weighted by Gasteiger charge is -2.19. The quantitative estimate of drug-likeness (QED) is 0.609. The number of thiophene rings is 1. The number of nitrogens with zero attached hydrogens (tertiary/aromatic N) is 1. The Labute approximate surface area is 154 Å². The Morgan fingerprint density at radius 2 is 1.77 bits per heavy atom. The number of furan rings is 2. The van der Waals surface area contributed by atoms with Gasteiger partial charge in [0.25, 0.3) is 0 Å². The molecule has 0 radical (unpaired) electrons. The van der Waals surface area contributed by atoms with Gasteiger partial charge in [0.1, 0.15) is 16.4 Å². The molecule has 3 rings (SSSR count). The summed E-state index contributed by atoms with van der Waals surface area (Å²) in [5.74, 6) is 0.773. The molecule has 26 heavy (non-hydrogen) atoms. The summed E-state index contributed by atoms with van der Waals surface area (Å²) in [6.45, 7) is 1.01. The van der Waals surface area contributed by atoms with Crippen LogP contribution in [0.4, 0.5) is 5.69 Å². The minimum atomic E-state index is -0.474. The van der Waals surface area contributed by atoms with Crippen molar-refractivity contribution in [1.29, 1.82) is 0 Å². The molecule has 7 nitrogen and oxygen atoms in total. The molecule has 0 aromatic carbocycles. The Hall–Kier alpha value is -2.84. The Balaban J connectivity index is 1.66. The molecule has 0 fully saturated rings. The lowest BCUT2D eigenvalue weighted by molar-refractivity contribution is -0.117. The molecule has 0 spiro atoms. The van der Waals surface area contributed by atoms with E-state index in [0.717, 1.165) is 11.5 Å². The second-order valence-electron chi connectivity index (χ2n) is 5.51. The Bertz CT molecular complexity index is 803. The van der Waals surface area contributed by atoms with Gasteiger partial charge in [-0.1, -0.05) is 0 Å². The molecule has 0 saturated heterocycles. The Morgan fingerprint density at radius 3 is 2.31 bits per heavy atom. The molecule has 8 heteroatoms. The zero-order valence-electron chi connectivity index (χ0n) is 14.1.